The molecule has 0 rings (SSSR count). The summed E-state index contributed by atoms with van der Waals surface area (Å²) in [5.74, 6) is -0.222. The van der Waals surface area contributed by atoms with Crippen molar-refractivity contribution < 1.29 is 28.8 Å². The van der Waals surface area contributed by atoms with Gasteiger partial charge in [-0.2, -0.15) is 0 Å². The molecule has 0 unspecified atom stereocenters. The molecule has 310 valence electrons. The Morgan fingerprint density at radius 3 is 1.17 bits per heavy atom. The maximum atomic E-state index is 12.6. The first-order valence-corrected chi connectivity index (χ1v) is 24.2. The second-order valence-corrected chi connectivity index (χ2v) is 17.0. The van der Waals surface area contributed by atoms with Crippen molar-refractivity contribution in [3.8, 4) is 0 Å². The lowest BCUT2D eigenvalue weighted by Gasteiger charge is -2.22. The molecule has 4 N–H and O–H groups in total. The average Bonchev–Trinajstić information content (AvgIpc) is 3.11. The van der Waals surface area contributed by atoms with Crippen molar-refractivity contribution in [3.05, 3.63) is 12.2 Å². The van der Waals surface area contributed by atoms with E-state index in [1.165, 1.54) is 186 Å². The number of carbonyl (C=O) groups is 1. The summed E-state index contributed by atoms with van der Waals surface area (Å²) in [6.45, 7) is 4.08. The number of phosphoric acid groups is 1. The maximum Gasteiger partial charge on any atom is 0.469 e. The minimum absolute atomic E-state index is 0.222. The van der Waals surface area contributed by atoms with Crippen molar-refractivity contribution in [2.24, 2.45) is 0 Å². The summed E-state index contributed by atoms with van der Waals surface area (Å²) >= 11 is 0. The van der Waals surface area contributed by atoms with Gasteiger partial charge in [-0.1, -0.05) is 231 Å². The molecule has 0 aliphatic rings. The number of nitrogens with one attached hydrogen (secondary N) is 1. The van der Waals surface area contributed by atoms with Crippen molar-refractivity contribution in [1.82, 2.24) is 5.32 Å². The summed E-state index contributed by atoms with van der Waals surface area (Å²) < 4.78 is 15.9. The molecule has 0 fully saturated rings. The van der Waals surface area contributed by atoms with E-state index in [1.807, 2.05) is 6.08 Å². The van der Waals surface area contributed by atoms with Crippen LogP contribution in [0.5, 0.6) is 0 Å². The molecule has 0 radical (unpaired) electrons. The van der Waals surface area contributed by atoms with E-state index >= 15 is 0 Å². The number of unbranched alkanes of at least 4 members (excludes halogenated alkanes) is 33. The molecular weight excluding hydrogens is 669 g/mol. The maximum absolute atomic E-state index is 12.6. The number of rotatable bonds is 42. The molecule has 0 aromatic heterocycles. The fourth-order valence-electron chi connectivity index (χ4n) is 7.05. The Balaban J connectivity index is 3.79. The third-order valence-corrected chi connectivity index (χ3v) is 11.0. The molecule has 1 amide bonds. The van der Waals surface area contributed by atoms with Gasteiger partial charge in [0.1, 0.15) is 0 Å². The van der Waals surface area contributed by atoms with Gasteiger partial charge in [-0.05, 0) is 19.3 Å². The zero-order chi connectivity index (χ0) is 38.2. The predicted molar refractivity (Wildman–Crippen MR) is 223 cm³/mol. The highest BCUT2D eigenvalue weighted by Crippen LogP contribution is 2.35. The third kappa shape index (κ3) is 40.5. The van der Waals surface area contributed by atoms with E-state index in [-0.39, 0.29) is 5.91 Å². The van der Waals surface area contributed by atoms with Crippen LogP contribution in [-0.4, -0.2) is 39.6 Å². The van der Waals surface area contributed by atoms with E-state index in [2.05, 4.69) is 23.7 Å². The number of hydrogen-bond acceptors (Lipinski definition) is 4. The summed E-state index contributed by atoms with van der Waals surface area (Å²) in [5, 5.41) is 13.4. The van der Waals surface area contributed by atoms with E-state index < -0.39 is 26.6 Å². The Hall–Kier alpha value is -0.720. The molecule has 7 nitrogen and oxygen atoms in total. The molecule has 0 aliphatic carbocycles. The number of carbonyl (C=O) groups excluding carboxylic acids is 1. The first-order valence-electron chi connectivity index (χ1n) is 22.6. The molecule has 0 saturated heterocycles. The zero-order valence-electron chi connectivity index (χ0n) is 34.5. The zero-order valence-corrected chi connectivity index (χ0v) is 35.4. The highest BCUT2D eigenvalue weighted by atomic mass is 31.2. The first-order chi connectivity index (χ1) is 25.3. The highest BCUT2D eigenvalue weighted by Gasteiger charge is 2.24. The molecule has 0 bridgehead atoms. The van der Waals surface area contributed by atoms with Gasteiger partial charge in [0.15, 0.2) is 0 Å². The van der Waals surface area contributed by atoms with Crippen LogP contribution in [0.1, 0.15) is 245 Å². The van der Waals surface area contributed by atoms with Crippen molar-refractivity contribution in [3.63, 3.8) is 0 Å². The van der Waals surface area contributed by atoms with Crippen LogP contribution in [0.25, 0.3) is 0 Å². The molecule has 0 aromatic carbocycles. The minimum atomic E-state index is -4.71. The molecule has 2 atom stereocenters. The highest BCUT2D eigenvalue weighted by molar-refractivity contribution is 7.46. The van der Waals surface area contributed by atoms with Gasteiger partial charge in [0.25, 0.3) is 0 Å². The van der Waals surface area contributed by atoms with Crippen LogP contribution in [0.2, 0.25) is 0 Å². The second kappa shape index (κ2) is 40.0. The smallest absolute Gasteiger partial charge is 0.387 e. The summed E-state index contributed by atoms with van der Waals surface area (Å²) in [5.41, 5.74) is 0. The van der Waals surface area contributed by atoms with E-state index in [1.54, 1.807) is 6.08 Å². The number of amides is 1. The fourth-order valence-corrected chi connectivity index (χ4v) is 7.40. The number of aliphatic hydroxyl groups excluding tert-OH is 1. The number of aliphatic hydroxyl groups is 1. The van der Waals surface area contributed by atoms with Gasteiger partial charge in [-0.15, -0.1) is 0 Å². The molecule has 0 heterocycles. The lowest BCUT2D eigenvalue weighted by molar-refractivity contribution is -0.123. The number of hydrogen-bond donors (Lipinski definition) is 4. The van der Waals surface area contributed by atoms with Crippen LogP contribution in [-0.2, 0) is 13.9 Å². The predicted octanol–water partition coefficient (Wildman–Crippen LogP) is 13.6. The van der Waals surface area contributed by atoms with Crippen molar-refractivity contribution in [2.75, 3.05) is 6.61 Å². The van der Waals surface area contributed by atoms with Crippen LogP contribution in [0, 0.1) is 0 Å². The molecule has 0 spiro atoms. The fraction of sp³-hybridized carbons (Fsp3) is 0.932. The Labute approximate surface area is 322 Å². The Morgan fingerprint density at radius 1 is 0.538 bits per heavy atom. The van der Waals surface area contributed by atoms with Crippen LogP contribution in [0.3, 0.4) is 0 Å². The lowest BCUT2D eigenvalue weighted by Crippen LogP contribution is -2.45. The van der Waals surface area contributed by atoms with E-state index in [9.17, 15) is 14.5 Å². The number of allylic oxidation sites excluding steroid dienone is 1. The van der Waals surface area contributed by atoms with Crippen LogP contribution < -0.4 is 5.32 Å². The van der Waals surface area contributed by atoms with E-state index in [0.717, 1.165) is 38.5 Å². The molecule has 0 aliphatic heterocycles. The summed E-state index contributed by atoms with van der Waals surface area (Å²) in [7, 11) is -4.71. The van der Waals surface area contributed by atoms with Gasteiger partial charge < -0.3 is 20.2 Å². The Morgan fingerprint density at radius 2 is 0.846 bits per heavy atom. The minimum Gasteiger partial charge on any atom is -0.387 e. The summed E-state index contributed by atoms with van der Waals surface area (Å²) in [4.78, 5) is 30.9. The monoisotopic (exact) mass is 758 g/mol. The SMILES string of the molecule is CCCCCCCCCCCC/C=C/[C@@H](O)[C@H](COP(=O)(O)O)NC(=O)CCCCCCCCCCCCCCCCCCCCCCCCCC. The van der Waals surface area contributed by atoms with Gasteiger partial charge in [0.2, 0.25) is 5.91 Å². The normalized spacial score (nSPS) is 13.2. The molecule has 8 heteroatoms. The van der Waals surface area contributed by atoms with Gasteiger partial charge in [0, 0.05) is 6.42 Å². The van der Waals surface area contributed by atoms with Crippen LogP contribution in [0.4, 0.5) is 0 Å². The van der Waals surface area contributed by atoms with Gasteiger partial charge in [-0.25, -0.2) is 4.57 Å². The Bertz CT molecular complexity index is 819. The molecule has 0 saturated carbocycles. The van der Waals surface area contributed by atoms with Crippen molar-refractivity contribution in [2.45, 2.75) is 257 Å². The largest absolute Gasteiger partial charge is 0.469 e. The molecular formula is C44H88NO6P. The quantitative estimate of drug-likeness (QED) is 0.0280. The summed E-state index contributed by atoms with van der Waals surface area (Å²) in [6, 6.07) is -0.904. The van der Waals surface area contributed by atoms with Gasteiger partial charge in [-0.3, -0.25) is 9.32 Å². The van der Waals surface area contributed by atoms with Crippen LogP contribution >= 0.6 is 7.82 Å². The van der Waals surface area contributed by atoms with E-state index in [0.29, 0.717) is 6.42 Å². The van der Waals surface area contributed by atoms with Crippen molar-refractivity contribution in [1.29, 1.82) is 0 Å². The average molecular weight is 758 g/mol. The second-order valence-electron chi connectivity index (χ2n) is 15.7. The Kier molecular flexibility index (Phi) is 39.4. The van der Waals surface area contributed by atoms with E-state index in [4.69, 9.17) is 9.79 Å². The third-order valence-electron chi connectivity index (χ3n) is 10.5. The topological polar surface area (TPSA) is 116 Å². The molecule has 52 heavy (non-hydrogen) atoms. The van der Waals surface area contributed by atoms with Gasteiger partial charge in [0.05, 0.1) is 18.8 Å². The lowest BCUT2D eigenvalue weighted by atomic mass is 10.0. The first kappa shape index (κ1) is 51.3. The van der Waals surface area contributed by atoms with Gasteiger partial charge >= 0.3 is 7.82 Å². The van der Waals surface area contributed by atoms with Crippen LogP contribution in [0.15, 0.2) is 12.2 Å². The number of phosphoric ester groups is 1. The molecule has 0 aromatic rings. The van der Waals surface area contributed by atoms with Crippen molar-refractivity contribution >= 4 is 13.7 Å². The summed E-state index contributed by atoms with van der Waals surface area (Å²) in [6.07, 6.45) is 48.2. The standard InChI is InChI=1S/C44H88NO6P/c1-3-5-7-9-11-13-15-17-18-19-20-21-22-23-24-25-26-27-28-30-32-34-36-38-40-44(47)45-42(41-51-52(48,49)50)43(46)39-37-35-33-31-29-16-14-12-10-8-6-4-2/h37,39,42-43,46H,3-36,38,40-41H2,1-2H3,(H,45,47)(H2,48,49,50)/b39-37+/t42-,43+/m0/s1.